The van der Waals surface area contributed by atoms with Crippen LogP contribution < -0.4 is 4.74 Å². The van der Waals surface area contributed by atoms with Crippen molar-refractivity contribution in [3.05, 3.63) is 35.7 Å². The Morgan fingerprint density at radius 3 is 2.57 bits per heavy atom. The van der Waals surface area contributed by atoms with Crippen LogP contribution >= 0.6 is 11.3 Å². The second kappa shape index (κ2) is 9.48. The summed E-state index contributed by atoms with van der Waals surface area (Å²) in [5, 5.41) is 1.77. The Bertz CT molecular complexity index is 1440. The summed E-state index contributed by atoms with van der Waals surface area (Å²) in [5.74, 6) is -0.308. The average Bonchev–Trinajstić information content (AvgIpc) is 3.25. The Labute approximate surface area is 217 Å². The molecule has 1 amide bonds. The molecular formula is C25H26FN3O6S2. The van der Waals surface area contributed by atoms with E-state index in [4.69, 9.17) is 14.2 Å². The summed E-state index contributed by atoms with van der Waals surface area (Å²) in [6.07, 6.45) is 4.95. The highest BCUT2D eigenvalue weighted by Crippen LogP contribution is 2.40. The van der Waals surface area contributed by atoms with Crippen LogP contribution in [0.5, 0.6) is 5.88 Å². The van der Waals surface area contributed by atoms with Crippen molar-refractivity contribution in [1.82, 2.24) is 14.9 Å². The summed E-state index contributed by atoms with van der Waals surface area (Å²) in [7, 11) is -3.52. The van der Waals surface area contributed by atoms with Gasteiger partial charge in [-0.1, -0.05) is 6.07 Å². The lowest BCUT2D eigenvalue weighted by Gasteiger charge is -2.46. The van der Waals surface area contributed by atoms with Gasteiger partial charge in [-0.25, -0.2) is 27.6 Å². The summed E-state index contributed by atoms with van der Waals surface area (Å²) < 4.78 is 57.0. The van der Waals surface area contributed by atoms with E-state index in [1.165, 1.54) is 29.8 Å². The van der Waals surface area contributed by atoms with Crippen molar-refractivity contribution in [2.24, 2.45) is 11.8 Å². The standard InChI is InChI=1S/C25H26FN3O6S2/c1-37(31,32)17-5-6-18(20(26)7-17)19-12-36-23-21(19)27-13-28-24(23)35-22-14-8-29(9-15(22)11-33-10-14)25(30)34-16-3-2-4-16/h5-7,12-16,22H,2-4,8-11H2,1H3. The van der Waals surface area contributed by atoms with Crippen LogP contribution in [0.1, 0.15) is 19.3 Å². The second-order valence-electron chi connectivity index (χ2n) is 9.90. The zero-order valence-corrected chi connectivity index (χ0v) is 21.8. The summed E-state index contributed by atoms with van der Waals surface area (Å²) in [5.41, 5.74) is 1.33. The fourth-order valence-corrected chi connectivity index (χ4v) is 6.71. The summed E-state index contributed by atoms with van der Waals surface area (Å²) in [4.78, 5) is 23.1. The normalized spacial score (nSPS) is 24.1. The van der Waals surface area contributed by atoms with Gasteiger partial charge in [-0.15, -0.1) is 11.3 Å². The second-order valence-corrected chi connectivity index (χ2v) is 12.8. The first kappa shape index (κ1) is 24.5. The molecule has 3 aromatic rings. The molecule has 1 saturated carbocycles. The number of aromatic nitrogens is 2. The monoisotopic (exact) mass is 547 g/mol. The lowest BCUT2D eigenvalue weighted by Crippen LogP contribution is -2.59. The van der Waals surface area contributed by atoms with Gasteiger partial charge in [-0.2, -0.15) is 0 Å². The molecule has 6 rings (SSSR count). The minimum Gasteiger partial charge on any atom is -0.472 e. The van der Waals surface area contributed by atoms with Crippen molar-refractivity contribution >= 4 is 37.5 Å². The number of halogens is 1. The zero-order valence-electron chi connectivity index (χ0n) is 20.1. The van der Waals surface area contributed by atoms with Crippen LogP contribution in [0.3, 0.4) is 0 Å². The molecule has 0 N–H and O–H groups in total. The van der Waals surface area contributed by atoms with Gasteiger partial charge in [0.15, 0.2) is 9.84 Å². The van der Waals surface area contributed by atoms with Gasteiger partial charge in [0.25, 0.3) is 0 Å². The molecule has 12 heteroatoms. The van der Waals surface area contributed by atoms with E-state index < -0.39 is 15.7 Å². The maximum Gasteiger partial charge on any atom is 0.410 e. The van der Waals surface area contributed by atoms with Crippen LogP contribution in [0, 0.1) is 17.7 Å². The molecule has 2 atom stereocenters. The maximum atomic E-state index is 14.9. The number of carbonyl (C=O) groups is 1. The number of benzene rings is 1. The molecule has 196 valence electrons. The van der Waals surface area contributed by atoms with Crippen LogP contribution in [-0.4, -0.2) is 74.1 Å². The number of piperidine rings is 1. The molecule has 2 bridgehead atoms. The quantitative estimate of drug-likeness (QED) is 0.473. The van der Waals surface area contributed by atoms with Gasteiger partial charge in [0.1, 0.15) is 29.1 Å². The number of likely N-dealkylation sites (tertiary alicyclic amines) is 1. The zero-order chi connectivity index (χ0) is 25.7. The van der Waals surface area contributed by atoms with Crippen molar-refractivity contribution < 1.29 is 31.8 Å². The molecular weight excluding hydrogens is 521 g/mol. The molecule has 0 radical (unpaired) electrons. The van der Waals surface area contributed by atoms with Gasteiger partial charge < -0.3 is 19.1 Å². The minimum absolute atomic E-state index is 0.0345. The number of rotatable bonds is 5. The predicted molar refractivity (Wildman–Crippen MR) is 134 cm³/mol. The van der Waals surface area contributed by atoms with Crippen LogP contribution in [0.2, 0.25) is 0 Å². The van der Waals surface area contributed by atoms with Crippen molar-refractivity contribution in [3.8, 4) is 17.0 Å². The van der Waals surface area contributed by atoms with Gasteiger partial charge >= 0.3 is 6.09 Å². The Hall–Kier alpha value is -2.83. The van der Waals surface area contributed by atoms with Crippen LogP contribution in [0.4, 0.5) is 9.18 Å². The van der Waals surface area contributed by atoms with Crippen molar-refractivity contribution in [1.29, 1.82) is 0 Å². The van der Waals surface area contributed by atoms with E-state index in [1.807, 2.05) is 0 Å². The highest BCUT2D eigenvalue weighted by Gasteiger charge is 2.44. The number of amides is 1. The lowest BCUT2D eigenvalue weighted by atomic mass is 9.84. The Morgan fingerprint density at radius 2 is 1.92 bits per heavy atom. The van der Waals surface area contributed by atoms with Crippen molar-refractivity contribution in [3.63, 3.8) is 0 Å². The third-order valence-corrected chi connectivity index (χ3v) is 9.38. The van der Waals surface area contributed by atoms with Gasteiger partial charge in [-0.3, -0.25) is 0 Å². The smallest absolute Gasteiger partial charge is 0.410 e. The van der Waals surface area contributed by atoms with E-state index >= 15 is 0 Å². The minimum atomic E-state index is -3.52. The predicted octanol–water partition coefficient (Wildman–Crippen LogP) is 3.92. The van der Waals surface area contributed by atoms with E-state index in [2.05, 4.69) is 9.97 Å². The number of thiophene rings is 1. The first-order valence-electron chi connectivity index (χ1n) is 12.2. The fraction of sp³-hybridized carbons (Fsp3) is 0.480. The first-order valence-corrected chi connectivity index (χ1v) is 15.0. The van der Waals surface area contributed by atoms with Gasteiger partial charge in [0, 0.05) is 47.7 Å². The summed E-state index contributed by atoms with van der Waals surface area (Å²) in [6, 6.07) is 3.87. The molecule has 2 aliphatic heterocycles. The number of carbonyl (C=O) groups excluding carboxylic acids is 1. The first-order chi connectivity index (χ1) is 17.8. The van der Waals surface area contributed by atoms with Gasteiger partial charge in [-0.05, 0) is 31.4 Å². The average molecular weight is 548 g/mol. The number of ether oxygens (including phenoxy) is 3. The highest BCUT2D eigenvalue weighted by molar-refractivity contribution is 7.90. The van der Waals surface area contributed by atoms with Gasteiger partial charge in [0.2, 0.25) is 5.88 Å². The fourth-order valence-electron chi connectivity index (χ4n) is 5.12. The Morgan fingerprint density at radius 1 is 1.16 bits per heavy atom. The molecule has 9 nitrogen and oxygen atoms in total. The molecule has 0 spiro atoms. The number of hydrogen-bond acceptors (Lipinski definition) is 9. The summed E-state index contributed by atoms with van der Waals surface area (Å²) in [6.45, 7) is 1.90. The number of nitrogens with zero attached hydrogens (tertiary/aromatic N) is 3. The van der Waals surface area contributed by atoms with E-state index in [0.717, 1.165) is 31.6 Å². The molecule has 3 aliphatic rings. The number of sulfone groups is 1. The number of hydrogen-bond donors (Lipinski definition) is 0. The molecule has 3 fully saturated rings. The molecule has 4 heterocycles. The van der Waals surface area contributed by atoms with E-state index in [9.17, 15) is 17.6 Å². The molecule has 37 heavy (non-hydrogen) atoms. The molecule has 2 saturated heterocycles. The largest absolute Gasteiger partial charge is 0.472 e. The Kier molecular flexibility index (Phi) is 6.28. The summed E-state index contributed by atoms with van der Waals surface area (Å²) >= 11 is 1.34. The van der Waals surface area contributed by atoms with Crippen LogP contribution in [0.15, 0.2) is 34.8 Å². The SMILES string of the molecule is CS(=O)(=O)c1ccc(-c2csc3c(OC4C5COCC4CN(C(=O)OC4CCC4)C5)ncnc23)c(F)c1. The lowest BCUT2D eigenvalue weighted by molar-refractivity contribution is -0.112. The topological polar surface area (TPSA) is 108 Å². The highest BCUT2D eigenvalue weighted by atomic mass is 32.2. The maximum absolute atomic E-state index is 14.9. The molecule has 2 aromatic heterocycles. The van der Waals surface area contributed by atoms with E-state index in [-0.39, 0.29) is 40.6 Å². The number of fused-ring (bicyclic) bond motifs is 3. The van der Waals surface area contributed by atoms with Crippen LogP contribution in [-0.2, 0) is 19.3 Å². The van der Waals surface area contributed by atoms with Crippen molar-refractivity contribution in [2.75, 3.05) is 32.6 Å². The van der Waals surface area contributed by atoms with E-state index in [0.29, 0.717) is 48.0 Å². The third-order valence-electron chi connectivity index (χ3n) is 7.31. The Balaban J connectivity index is 1.24. The molecule has 2 unspecified atom stereocenters. The van der Waals surface area contributed by atoms with Crippen molar-refractivity contribution in [2.45, 2.75) is 36.4 Å². The molecule has 1 aliphatic carbocycles. The van der Waals surface area contributed by atoms with Gasteiger partial charge in [0.05, 0.1) is 23.6 Å². The van der Waals surface area contributed by atoms with E-state index in [1.54, 1.807) is 10.3 Å². The molecule has 1 aromatic carbocycles. The third kappa shape index (κ3) is 4.66. The van der Waals surface area contributed by atoms with Crippen LogP contribution in [0.25, 0.3) is 21.3 Å².